The molecule has 1 aliphatic heterocycles. The molecule has 0 saturated heterocycles. The Bertz CT molecular complexity index is 1710. The maximum Gasteiger partial charge on any atom is 0.292 e. The van der Waals surface area contributed by atoms with E-state index in [2.05, 4.69) is 33.2 Å². The third-order valence-corrected chi connectivity index (χ3v) is 7.24. The first-order valence-electron chi connectivity index (χ1n) is 13.7. The molecule has 212 valence electrons. The van der Waals surface area contributed by atoms with Crippen LogP contribution in [0.15, 0.2) is 47.1 Å². The minimum absolute atomic E-state index is 0.107. The molecule has 0 spiro atoms. The van der Waals surface area contributed by atoms with Crippen LogP contribution in [0, 0.1) is 0 Å². The monoisotopic (exact) mass is 556 g/mol. The molecule has 0 aliphatic carbocycles. The second kappa shape index (κ2) is 11.5. The number of aromatic nitrogens is 5. The van der Waals surface area contributed by atoms with Crippen LogP contribution in [0.4, 0.5) is 11.8 Å². The van der Waals surface area contributed by atoms with Gasteiger partial charge in [-0.1, -0.05) is 18.2 Å². The van der Waals surface area contributed by atoms with E-state index in [1.165, 1.54) is 11.9 Å². The van der Waals surface area contributed by atoms with E-state index >= 15 is 0 Å². The van der Waals surface area contributed by atoms with Gasteiger partial charge >= 0.3 is 0 Å². The first-order valence-corrected chi connectivity index (χ1v) is 13.7. The van der Waals surface area contributed by atoms with Gasteiger partial charge in [0.1, 0.15) is 23.4 Å². The topological polar surface area (TPSA) is 160 Å². The molecule has 4 N–H and O–H groups in total. The molecular weight excluding hydrogens is 524 g/mol. The Hall–Kier alpha value is -4.55. The second-order valence-corrected chi connectivity index (χ2v) is 9.93. The number of hydrogen-bond acceptors (Lipinski definition) is 10. The summed E-state index contributed by atoms with van der Waals surface area (Å²) in [4.78, 5) is 27.6. The summed E-state index contributed by atoms with van der Waals surface area (Å²) in [5, 5.41) is 5.58. The molecule has 3 aromatic heterocycles. The Morgan fingerprint density at radius 3 is 2.80 bits per heavy atom. The average molecular weight is 557 g/mol. The van der Waals surface area contributed by atoms with Gasteiger partial charge in [0, 0.05) is 25.3 Å². The predicted octanol–water partition coefficient (Wildman–Crippen LogP) is 3.18. The number of fused-ring (bicyclic) bond motifs is 3. The zero-order valence-electron chi connectivity index (χ0n) is 22.9. The van der Waals surface area contributed by atoms with Crippen molar-refractivity contribution in [2.75, 3.05) is 44.4 Å². The molecule has 5 aromatic rings. The van der Waals surface area contributed by atoms with Gasteiger partial charge in [-0.2, -0.15) is 10.1 Å². The average Bonchev–Trinajstić information content (AvgIpc) is 3.54. The number of carbonyl (C=O) groups is 1. The Balaban J connectivity index is 1.19. The molecular formula is C29H32N8O4. The van der Waals surface area contributed by atoms with E-state index in [1.807, 2.05) is 34.7 Å². The van der Waals surface area contributed by atoms with E-state index in [0.717, 1.165) is 23.1 Å². The van der Waals surface area contributed by atoms with Gasteiger partial charge < -0.3 is 30.3 Å². The van der Waals surface area contributed by atoms with Crippen molar-refractivity contribution in [3.05, 3.63) is 59.4 Å². The molecule has 1 amide bonds. The van der Waals surface area contributed by atoms with Crippen LogP contribution in [0.3, 0.4) is 0 Å². The van der Waals surface area contributed by atoms with E-state index in [0.29, 0.717) is 86.1 Å². The van der Waals surface area contributed by atoms with Crippen LogP contribution in [-0.2, 0) is 33.8 Å². The molecule has 1 aliphatic rings. The molecule has 4 heterocycles. The third kappa shape index (κ3) is 5.56. The number of nitrogen functional groups attached to an aromatic ring is 2. The van der Waals surface area contributed by atoms with Crippen LogP contribution < -0.4 is 11.5 Å². The molecule has 12 heteroatoms. The zero-order chi connectivity index (χ0) is 28.3. The fourth-order valence-corrected chi connectivity index (χ4v) is 5.21. The number of nitrogens with zero attached hydrogens (tertiary/aromatic N) is 6. The molecule has 0 fully saturated rings. The van der Waals surface area contributed by atoms with E-state index in [4.69, 9.17) is 30.5 Å². The zero-order valence-corrected chi connectivity index (χ0v) is 22.9. The minimum Gasteiger partial charge on any atom is -0.424 e. The molecule has 12 nitrogen and oxygen atoms in total. The van der Waals surface area contributed by atoms with Crippen LogP contribution in [0.5, 0.6) is 0 Å². The number of rotatable bonds is 10. The second-order valence-electron chi connectivity index (χ2n) is 9.93. The number of nitrogens with two attached hydrogens (primary N) is 2. The van der Waals surface area contributed by atoms with Crippen molar-refractivity contribution in [1.82, 2.24) is 29.6 Å². The number of anilines is 2. The third-order valence-electron chi connectivity index (χ3n) is 7.24. The summed E-state index contributed by atoms with van der Waals surface area (Å²) < 4.78 is 18.0. The number of hydrogen-bond donors (Lipinski definition) is 2. The normalized spacial score (nSPS) is 13.2. The lowest BCUT2D eigenvalue weighted by molar-refractivity contribution is -0.133. The van der Waals surface area contributed by atoms with Crippen LogP contribution in [0.2, 0.25) is 0 Å². The van der Waals surface area contributed by atoms with Crippen molar-refractivity contribution in [2.24, 2.45) is 0 Å². The van der Waals surface area contributed by atoms with Crippen LogP contribution in [0.25, 0.3) is 33.4 Å². The molecule has 41 heavy (non-hydrogen) atoms. The summed E-state index contributed by atoms with van der Waals surface area (Å²) in [5.41, 5.74) is 18.8. The Morgan fingerprint density at radius 2 is 1.93 bits per heavy atom. The van der Waals surface area contributed by atoms with E-state index in [1.54, 1.807) is 0 Å². The van der Waals surface area contributed by atoms with Crippen molar-refractivity contribution in [3.8, 4) is 11.3 Å². The van der Waals surface area contributed by atoms with Crippen molar-refractivity contribution < 1.29 is 18.7 Å². The standard InChI is InChI=1S/C29H32N8O4/c1-2-39-11-12-40-10-8-24(38)36-9-7-19-13-18(3-4-21(19)16-36)15-37-28-25(27(30)32-17-33-28)26(35-37)20-5-6-23-22(14-20)34-29(31)41-23/h3-6,13-14,17H,2,7-12,15-16H2,1H3,(H2,31,34)(H2,30,32,33). The van der Waals surface area contributed by atoms with E-state index < -0.39 is 0 Å². The lowest BCUT2D eigenvalue weighted by Crippen LogP contribution is -2.36. The van der Waals surface area contributed by atoms with Gasteiger partial charge in [0.05, 0.1) is 38.2 Å². The summed E-state index contributed by atoms with van der Waals surface area (Å²) >= 11 is 0. The van der Waals surface area contributed by atoms with Crippen LogP contribution in [-0.4, -0.2) is 68.5 Å². The van der Waals surface area contributed by atoms with Crippen molar-refractivity contribution >= 4 is 39.9 Å². The number of benzene rings is 2. The van der Waals surface area contributed by atoms with Gasteiger partial charge in [0.2, 0.25) is 5.91 Å². The van der Waals surface area contributed by atoms with E-state index in [-0.39, 0.29) is 11.9 Å². The van der Waals surface area contributed by atoms with Gasteiger partial charge in [-0.25, -0.2) is 14.6 Å². The fourth-order valence-electron chi connectivity index (χ4n) is 5.21. The first kappa shape index (κ1) is 26.7. The van der Waals surface area contributed by atoms with Crippen molar-refractivity contribution in [1.29, 1.82) is 0 Å². The fraction of sp³-hybridized carbons (Fsp3) is 0.345. The Kier molecular flexibility index (Phi) is 7.49. The predicted molar refractivity (Wildman–Crippen MR) is 154 cm³/mol. The molecule has 0 radical (unpaired) electrons. The smallest absolute Gasteiger partial charge is 0.292 e. The molecule has 2 aromatic carbocycles. The lowest BCUT2D eigenvalue weighted by atomic mass is 9.97. The molecule has 0 unspecified atom stereocenters. The molecule has 6 rings (SSSR count). The van der Waals surface area contributed by atoms with Crippen molar-refractivity contribution in [3.63, 3.8) is 0 Å². The molecule has 0 saturated carbocycles. The van der Waals surface area contributed by atoms with Gasteiger partial charge in [-0.15, -0.1) is 0 Å². The number of amides is 1. The summed E-state index contributed by atoms with van der Waals surface area (Å²) in [7, 11) is 0. The minimum atomic E-state index is 0.107. The highest BCUT2D eigenvalue weighted by Gasteiger charge is 2.22. The SMILES string of the molecule is CCOCCOCCC(=O)N1CCc2cc(Cn3nc(-c4ccc5oc(N)nc5c4)c4c(N)ncnc43)ccc2C1. The van der Waals surface area contributed by atoms with Gasteiger partial charge in [0.15, 0.2) is 11.2 Å². The largest absolute Gasteiger partial charge is 0.424 e. The molecule has 0 bridgehead atoms. The number of oxazole rings is 1. The summed E-state index contributed by atoms with van der Waals surface area (Å²) in [6.07, 6.45) is 2.61. The van der Waals surface area contributed by atoms with Gasteiger partial charge in [0.25, 0.3) is 6.01 Å². The Morgan fingerprint density at radius 1 is 1.05 bits per heavy atom. The first-order chi connectivity index (χ1) is 20.0. The summed E-state index contributed by atoms with van der Waals surface area (Å²) in [6.45, 7) is 5.85. The highest BCUT2D eigenvalue weighted by molar-refractivity contribution is 5.99. The van der Waals surface area contributed by atoms with Crippen molar-refractivity contribution in [2.45, 2.75) is 32.9 Å². The van der Waals surface area contributed by atoms with E-state index in [9.17, 15) is 4.79 Å². The summed E-state index contributed by atoms with van der Waals surface area (Å²) in [5.74, 6) is 0.460. The maximum atomic E-state index is 12.7. The highest BCUT2D eigenvalue weighted by Crippen LogP contribution is 2.33. The quantitative estimate of drug-likeness (QED) is 0.245. The lowest BCUT2D eigenvalue weighted by Gasteiger charge is -2.29. The Labute approximate surface area is 236 Å². The van der Waals surface area contributed by atoms with Crippen LogP contribution in [0.1, 0.15) is 30.0 Å². The number of carbonyl (C=O) groups excluding carboxylic acids is 1. The number of ether oxygens (including phenoxy) is 2. The summed E-state index contributed by atoms with van der Waals surface area (Å²) in [6, 6.07) is 12.0. The molecule has 0 atom stereocenters. The van der Waals surface area contributed by atoms with Gasteiger partial charge in [-0.05, 0) is 48.2 Å². The maximum absolute atomic E-state index is 12.7. The highest BCUT2D eigenvalue weighted by atomic mass is 16.5. The van der Waals surface area contributed by atoms with Gasteiger partial charge in [-0.3, -0.25) is 4.79 Å². The van der Waals surface area contributed by atoms with Crippen LogP contribution >= 0.6 is 0 Å².